The first kappa shape index (κ1) is 22.9. The van der Waals surface area contributed by atoms with E-state index in [4.69, 9.17) is 4.74 Å². The maximum absolute atomic E-state index is 12.8. The van der Waals surface area contributed by atoms with E-state index in [0.717, 1.165) is 23.3 Å². The molecular weight excluding hydrogens is 434 g/mol. The first-order valence-electron chi connectivity index (χ1n) is 10.9. The lowest BCUT2D eigenvalue weighted by molar-refractivity contribution is -0.133. The number of methoxy groups -OCH3 is 1. The van der Waals surface area contributed by atoms with Crippen LogP contribution in [0.5, 0.6) is 11.5 Å². The molecule has 1 aliphatic heterocycles. The van der Waals surface area contributed by atoms with Gasteiger partial charge < -0.3 is 15.2 Å². The van der Waals surface area contributed by atoms with Crippen molar-refractivity contribution in [3.05, 3.63) is 77.9 Å². The van der Waals surface area contributed by atoms with Crippen molar-refractivity contribution in [1.29, 1.82) is 0 Å². The number of aromatic nitrogens is 2. The summed E-state index contributed by atoms with van der Waals surface area (Å²) in [5.74, 6) is -0.00229. The van der Waals surface area contributed by atoms with Crippen LogP contribution in [0.4, 0.5) is 5.69 Å². The molecule has 0 saturated carbocycles. The third-order valence-electron chi connectivity index (χ3n) is 5.60. The number of ether oxygens (including phenoxy) is 1. The number of rotatable bonds is 7. The Labute approximate surface area is 197 Å². The van der Waals surface area contributed by atoms with Crippen LogP contribution in [0, 0.1) is 5.92 Å². The lowest BCUT2D eigenvalue weighted by Gasteiger charge is -2.29. The third kappa shape index (κ3) is 5.03. The molecule has 174 valence electrons. The second-order valence-electron chi connectivity index (χ2n) is 7.86. The summed E-state index contributed by atoms with van der Waals surface area (Å²) in [7, 11) is 1.49. The van der Waals surface area contributed by atoms with Gasteiger partial charge >= 0.3 is 0 Å². The van der Waals surface area contributed by atoms with E-state index in [1.165, 1.54) is 24.5 Å². The van der Waals surface area contributed by atoms with E-state index in [-0.39, 0.29) is 29.9 Å². The summed E-state index contributed by atoms with van der Waals surface area (Å²) in [6.07, 6.45) is 4.11. The monoisotopic (exact) mass is 459 g/mol. The van der Waals surface area contributed by atoms with E-state index in [1.807, 2.05) is 25.1 Å². The van der Waals surface area contributed by atoms with Crippen molar-refractivity contribution in [3.8, 4) is 11.5 Å². The van der Waals surface area contributed by atoms with Gasteiger partial charge in [0.1, 0.15) is 0 Å². The normalized spacial score (nSPS) is 15.6. The summed E-state index contributed by atoms with van der Waals surface area (Å²) in [5, 5.41) is 19.0. The van der Waals surface area contributed by atoms with E-state index < -0.39 is 5.91 Å². The number of hydrogen-bond acceptors (Lipinski definition) is 7. The van der Waals surface area contributed by atoms with Crippen LogP contribution in [-0.2, 0) is 11.3 Å². The second kappa shape index (κ2) is 10.1. The quantitative estimate of drug-likeness (QED) is 0.558. The number of hydrogen-bond donors (Lipinski definition) is 2. The largest absolute Gasteiger partial charge is 0.504 e. The van der Waals surface area contributed by atoms with Crippen LogP contribution >= 0.6 is 0 Å². The van der Waals surface area contributed by atoms with Crippen LogP contribution < -0.4 is 10.1 Å². The summed E-state index contributed by atoms with van der Waals surface area (Å²) < 4.78 is 5.13. The summed E-state index contributed by atoms with van der Waals surface area (Å²) in [6, 6.07) is 13.9. The average Bonchev–Trinajstić information content (AvgIpc) is 2.86. The Morgan fingerprint density at radius 1 is 1.18 bits per heavy atom. The van der Waals surface area contributed by atoms with Gasteiger partial charge in [0.25, 0.3) is 5.91 Å². The molecule has 0 radical (unpaired) electrons. The average molecular weight is 460 g/mol. The summed E-state index contributed by atoms with van der Waals surface area (Å²) in [4.78, 5) is 32.8. The third-order valence-corrected chi connectivity index (χ3v) is 5.60. The summed E-state index contributed by atoms with van der Waals surface area (Å²) >= 11 is 0. The molecule has 9 heteroatoms. The molecule has 0 spiro atoms. The Morgan fingerprint density at radius 3 is 2.56 bits per heavy atom. The Morgan fingerprint density at radius 2 is 1.91 bits per heavy atom. The summed E-state index contributed by atoms with van der Waals surface area (Å²) in [6.45, 7) is 2.30. The highest BCUT2D eigenvalue weighted by molar-refractivity contribution is 6.06. The van der Waals surface area contributed by atoms with Crippen LogP contribution in [0.3, 0.4) is 0 Å². The minimum Gasteiger partial charge on any atom is -0.504 e. The lowest BCUT2D eigenvalue weighted by atomic mass is 9.89. The molecule has 9 nitrogen and oxygen atoms in total. The van der Waals surface area contributed by atoms with Gasteiger partial charge in [-0.15, -0.1) is 0 Å². The molecule has 3 aromatic rings. The minimum absolute atomic E-state index is 0.0274. The first-order chi connectivity index (χ1) is 16.5. The topological polar surface area (TPSA) is 117 Å². The number of amides is 2. The van der Waals surface area contributed by atoms with Crippen molar-refractivity contribution in [2.45, 2.75) is 26.3 Å². The van der Waals surface area contributed by atoms with E-state index >= 15 is 0 Å². The molecule has 1 unspecified atom stereocenters. The van der Waals surface area contributed by atoms with Crippen molar-refractivity contribution in [2.24, 2.45) is 11.0 Å². The molecule has 2 amide bonds. The molecule has 0 saturated heterocycles. The van der Waals surface area contributed by atoms with Gasteiger partial charge in [-0.1, -0.05) is 19.1 Å². The van der Waals surface area contributed by atoms with E-state index in [9.17, 15) is 14.7 Å². The van der Waals surface area contributed by atoms with Gasteiger partial charge in [-0.25, -0.2) is 15.0 Å². The second-order valence-corrected chi connectivity index (χ2v) is 7.86. The molecular formula is C25H25N5O4. The fourth-order valence-electron chi connectivity index (χ4n) is 3.75. The molecule has 2 N–H and O–H groups in total. The summed E-state index contributed by atoms with van der Waals surface area (Å²) in [5.41, 5.74) is 2.96. The predicted octanol–water partition coefficient (Wildman–Crippen LogP) is 3.61. The van der Waals surface area contributed by atoms with Crippen LogP contribution in [-0.4, -0.2) is 44.7 Å². The smallest absolute Gasteiger partial charge is 0.293 e. The number of hydrazone groups is 1. The maximum atomic E-state index is 12.8. The van der Waals surface area contributed by atoms with Gasteiger partial charge in [-0.2, -0.15) is 5.10 Å². The van der Waals surface area contributed by atoms with E-state index in [0.29, 0.717) is 17.9 Å². The van der Waals surface area contributed by atoms with E-state index in [1.54, 1.807) is 30.3 Å². The standard InChI is InChI=1S/C25H25N5O4/c1-3-17-14-22(32)30(29-23(17)18-7-10-21(34-2)20(31)13-18)15-16-5-8-19(9-6-16)28-25(33)24-26-11-4-12-27-24/h4-13,17,31H,3,14-15H2,1-2H3,(H,28,33). The maximum Gasteiger partial charge on any atom is 0.293 e. The fourth-order valence-corrected chi connectivity index (χ4v) is 3.75. The highest BCUT2D eigenvalue weighted by Gasteiger charge is 2.29. The molecule has 1 atom stereocenters. The number of carbonyl (C=O) groups excluding carboxylic acids is 2. The van der Waals surface area contributed by atoms with Gasteiger partial charge in [0.2, 0.25) is 11.7 Å². The highest BCUT2D eigenvalue weighted by atomic mass is 16.5. The number of phenols is 1. The number of benzene rings is 2. The highest BCUT2D eigenvalue weighted by Crippen LogP contribution is 2.31. The van der Waals surface area contributed by atoms with Crippen LogP contribution in [0.15, 0.2) is 66.0 Å². The molecule has 2 heterocycles. The Bertz CT molecular complexity index is 1210. The Balaban J connectivity index is 1.51. The number of carbonyl (C=O) groups is 2. The van der Waals surface area contributed by atoms with Crippen LogP contribution in [0.2, 0.25) is 0 Å². The van der Waals surface area contributed by atoms with Gasteiger partial charge in [-0.05, 0) is 48.4 Å². The number of phenolic OH excluding ortho intramolecular Hbond substituents is 1. The van der Waals surface area contributed by atoms with Crippen molar-refractivity contribution in [3.63, 3.8) is 0 Å². The van der Waals surface area contributed by atoms with Crippen molar-refractivity contribution in [1.82, 2.24) is 15.0 Å². The molecule has 2 aromatic carbocycles. The number of nitrogens with zero attached hydrogens (tertiary/aromatic N) is 4. The zero-order chi connectivity index (χ0) is 24.1. The number of aromatic hydroxyl groups is 1. The number of nitrogens with one attached hydrogen (secondary N) is 1. The van der Waals surface area contributed by atoms with Gasteiger partial charge in [0.05, 0.1) is 19.4 Å². The van der Waals surface area contributed by atoms with Crippen molar-refractivity contribution < 1.29 is 19.4 Å². The first-order valence-corrected chi connectivity index (χ1v) is 10.9. The van der Waals surface area contributed by atoms with Gasteiger partial charge in [-0.3, -0.25) is 9.59 Å². The minimum atomic E-state index is -0.401. The van der Waals surface area contributed by atoms with Crippen molar-refractivity contribution >= 4 is 23.2 Å². The van der Waals surface area contributed by atoms with Crippen molar-refractivity contribution in [2.75, 3.05) is 12.4 Å². The van der Waals surface area contributed by atoms with Gasteiger partial charge in [0, 0.05) is 36.0 Å². The lowest BCUT2D eigenvalue weighted by Crippen LogP contribution is -2.36. The molecule has 1 aliphatic rings. The molecule has 0 fully saturated rings. The zero-order valence-electron chi connectivity index (χ0n) is 18.9. The molecule has 1 aromatic heterocycles. The molecule has 0 aliphatic carbocycles. The van der Waals surface area contributed by atoms with Crippen LogP contribution in [0.1, 0.15) is 41.5 Å². The Hall–Kier alpha value is -4.27. The fraction of sp³-hybridized carbons (Fsp3) is 0.240. The molecule has 0 bridgehead atoms. The molecule has 34 heavy (non-hydrogen) atoms. The van der Waals surface area contributed by atoms with E-state index in [2.05, 4.69) is 20.4 Å². The zero-order valence-corrected chi connectivity index (χ0v) is 18.9. The Kier molecular flexibility index (Phi) is 6.82. The van der Waals surface area contributed by atoms with Gasteiger partial charge in [0.15, 0.2) is 11.5 Å². The SMILES string of the molecule is CCC1CC(=O)N(Cc2ccc(NC(=O)c3ncccn3)cc2)N=C1c1ccc(OC)c(O)c1. The molecule has 4 rings (SSSR count). The number of anilines is 1. The predicted molar refractivity (Wildman–Crippen MR) is 127 cm³/mol. The van der Waals surface area contributed by atoms with Crippen LogP contribution in [0.25, 0.3) is 0 Å².